The Kier molecular flexibility index (Phi) is 8.57. The average molecular weight is 641 g/mol. The highest BCUT2D eigenvalue weighted by molar-refractivity contribution is 9.10. The molecular weight excluding hydrogens is 602 g/mol. The van der Waals surface area contributed by atoms with Crippen molar-refractivity contribution in [3.05, 3.63) is 58.1 Å². The van der Waals surface area contributed by atoms with E-state index in [1.807, 2.05) is 29.2 Å². The van der Waals surface area contributed by atoms with Gasteiger partial charge in [-0.2, -0.15) is 0 Å². The number of ether oxygens (including phenoxy) is 1. The van der Waals surface area contributed by atoms with Crippen molar-refractivity contribution in [3.8, 4) is 5.75 Å². The van der Waals surface area contributed by atoms with Crippen molar-refractivity contribution in [1.29, 1.82) is 0 Å². The molecule has 4 aliphatic rings. The van der Waals surface area contributed by atoms with Gasteiger partial charge in [0.05, 0.1) is 17.8 Å². The molecule has 1 atom stereocenters. The first-order valence-corrected chi connectivity index (χ1v) is 15.8. The summed E-state index contributed by atoms with van der Waals surface area (Å²) in [6.45, 7) is 2.65. The molecule has 11 heteroatoms. The lowest BCUT2D eigenvalue weighted by Crippen LogP contribution is -2.63. The number of nitrogens with zero attached hydrogens (tertiary/aromatic N) is 4. The summed E-state index contributed by atoms with van der Waals surface area (Å²) in [5, 5.41) is 12.9. The highest BCUT2D eigenvalue weighted by Gasteiger charge is 2.40. The van der Waals surface area contributed by atoms with Gasteiger partial charge in [-0.3, -0.25) is 9.69 Å². The molecule has 3 aliphatic heterocycles. The number of likely N-dealkylation sites (tertiary alicyclic amines) is 1. The first kappa shape index (κ1) is 28.8. The van der Waals surface area contributed by atoms with Crippen molar-refractivity contribution >= 4 is 39.6 Å². The Hall–Kier alpha value is -3.31. The molecule has 42 heavy (non-hydrogen) atoms. The highest BCUT2D eigenvalue weighted by atomic mass is 79.9. The lowest BCUT2D eigenvalue weighted by molar-refractivity contribution is -0.160. The summed E-state index contributed by atoms with van der Waals surface area (Å²) in [5.41, 5.74) is 2.76. The fourth-order valence-electron chi connectivity index (χ4n) is 6.61. The molecule has 2 saturated heterocycles. The molecule has 4 amide bonds. The van der Waals surface area contributed by atoms with Crippen LogP contribution in [0.3, 0.4) is 0 Å². The maximum Gasteiger partial charge on any atom is 0.410 e. The maximum atomic E-state index is 13.6. The molecule has 224 valence electrons. The maximum absolute atomic E-state index is 13.6. The molecule has 2 aromatic rings. The zero-order valence-electron chi connectivity index (χ0n) is 23.7. The number of phenolic OH excluding ortho intramolecular Hbond substituents is 1. The second-order valence-electron chi connectivity index (χ2n) is 11.8. The van der Waals surface area contributed by atoms with Crippen LogP contribution < -0.4 is 5.32 Å². The SMILES string of the molecule is O=C(O[C@H](Cc1ccc(O)c(Br)c1)C(=O)N1CN(C2CCCC2)C1)N1CCC(N2CCc3ccccc3NC2=O)CC1. The van der Waals surface area contributed by atoms with Crippen LogP contribution in [0.4, 0.5) is 15.3 Å². The molecule has 10 nitrogen and oxygen atoms in total. The molecule has 1 saturated carbocycles. The minimum Gasteiger partial charge on any atom is -0.507 e. The number of fused-ring (bicyclic) bond motifs is 1. The van der Waals surface area contributed by atoms with Crippen molar-refractivity contribution in [2.45, 2.75) is 69.6 Å². The number of hydrogen-bond acceptors (Lipinski definition) is 6. The topological polar surface area (TPSA) is 106 Å². The van der Waals surface area contributed by atoms with E-state index in [0.29, 0.717) is 56.3 Å². The third-order valence-electron chi connectivity index (χ3n) is 9.11. The normalized spacial score (nSPS) is 20.9. The van der Waals surface area contributed by atoms with Crippen LogP contribution in [0.15, 0.2) is 46.9 Å². The Bertz CT molecular complexity index is 1320. The van der Waals surface area contributed by atoms with Gasteiger partial charge in [-0.1, -0.05) is 37.1 Å². The number of aromatic hydroxyl groups is 1. The molecule has 3 heterocycles. The summed E-state index contributed by atoms with van der Waals surface area (Å²) in [6, 6.07) is 13.4. The van der Waals surface area contributed by atoms with Gasteiger partial charge in [0.1, 0.15) is 5.75 Å². The number of rotatable bonds is 6. The molecule has 2 N–H and O–H groups in total. The second-order valence-corrected chi connectivity index (χ2v) is 12.7. The summed E-state index contributed by atoms with van der Waals surface area (Å²) in [6.07, 6.45) is 5.62. The number of hydrogen-bond donors (Lipinski definition) is 2. The van der Waals surface area contributed by atoms with Gasteiger partial charge in [0.15, 0.2) is 6.10 Å². The van der Waals surface area contributed by atoms with E-state index in [-0.39, 0.29) is 30.2 Å². The van der Waals surface area contributed by atoms with Gasteiger partial charge in [0, 0.05) is 43.8 Å². The van der Waals surface area contributed by atoms with E-state index in [4.69, 9.17) is 4.74 Å². The second kappa shape index (κ2) is 12.5. The van der Waals surface area contributed by atoms with Crippen LogP contribution in [-0.2, 0) is 22.4 Å². The number of carbonyl (C=O) groups is 3. The van der Waals surface area contributed by atoms with E-state index in [1.165, 1.54) is 25.7 Å². The van der Waals surface area contributed by atoms with E-state index >= 15 is 0 Å². The Morgan fingerprint density at radius 2 is 1.71 bits per heavy atom. The van der Waals surface area contributed by atoms with Crippen molar-refractivity contribution in [2.24, 2.45) is 0 Å². The molecule has 6 rings (SSSR count). The fraction of sp³-hybridized carbons (Fsp3) is 0.516. The standard InChI is InChI=1S/C31H38BrN5O5/c32-25-17-21(9-10-27(25)38)18-28(29(39)36-19-35(20-36)23-6-2-3-7-23)42-31(41)34-14-12-24(13-15-34)37-16-11-22-5-1-4-8-26(22)33-30(37)40/h1,4-5,8-10,17,23-24,28,38H,2-3,6-7,11-16,18-20H2,(H,33,40)/t28-/m1/s1. The molecule has 0 aromatic heterocycles. The lowest BCUT2D eigenvalue weighted by atomic mass is 10.0. The van der Waals surface area contributed by atoms with Crippen LogP contribution in [0.25, 0.3) is 0 Å². The van der Waals surface area contributed by atoms with Gasteiger partial charge in [-0.25, -0.2) is 9.59 Å². The van der Waals surface area contributed by atoms with Crippen LogP contribution in [0.5, 0.6) is 5.75 Å². The Morgan fingerprint density at radius 1 is 0.976 bits per heavy atom. The Morgan fingerprint density at radius 3 is 2.45 bits per heavy atom. The van der Waals surface area contributed by atoms with Gasteiger partial charge in [0.25, 0.3) is 5.91 Å². The van der Waals surface area contributed by atoms with Crippen molar-refractivity contribution in [1.82, 2.24) is 19.6 Å². The van der Waals surface area contributed by atoms with E-state index in [0.717, 1.165) is 23.2 Å². The van der Waals surface area contributed by atoms with Crippen molar-refractivity contribution < 1.29 is 24.2 Å². The number of anilines is 1. The number of phenols is 1. The zero-order chi connectivity index (χ0) is 29.2. The van der Waals surface area contributed by atoms with Crippen LogP contribution in [0.1, 0.15) is 49.7 Å². The average Bonchev–Trinajstić information content (AvgIpc) is 3.43. The molecule has 3 fully saturated rings. The lowest BCUT2D eigenvalue weighted by Gasteiger charge is -2.46. The zero-order valence-corrected chi connectivity index (χ0v) is 25.3. The molecular formula is C31H38BrN5O5. The Balaban J connectivity index is 1.07. The minimum absolute atomic E-state index is 0.0257. The smallest absolute Gasteiger partial charge is 0.410 e. The highest BCUT2D eigenvalue weighted by Crippen LogP contribution is 2.30. The number of urea groups is 1. The molecule has 2 aromatic carbocycles. The van der Waals surface area contributed by atoms with Crippen molar-refractivity contribution in [3.63, 3.8) is 0 Å². The molecule has 1 aliphatic carbocycles. The number of piperidine rings is 1. The molecule has 0 unspecified atom stereocenters. The largest absolute Gasteiger partial charge is 0.507 e. The van der Waals surface area contributed by atoms with E-state index in [2.05, 4.69) is 26.1 Å². The predicted molar refractivity (Wildman–Crippen MR) is 161 cm³/mol. The van der Waals surface area contributed by atoms with Crippen LogP contribution in [0, 0.1) is 0 Å². The summed E-state index contributed by atoms with van der Waals surface area (Å²) >= 11 is 3.34. The summed E-state index contributed by atoms with van der Waals surface area (Å²) in [5.74, 6) is -0.0871. The molecule has 0 spiro atoms. The third kappa shape index (κ3) is 6.22. The number of amides is 4. The first-order valence-electron chi connectivity index (χ1n) is 15.0. The van der Waals surface area contributed by atoms with Gasteiger partial charge in [-0.15, -0.1) is 0 Å². The monoisotopic (exact) mass is 639 g/mol. The van der Waals surface area contributed by atoms with E-state index in [9.17, 15) is 19.5 Å². The Labute approximate surface area is 254 Å². The van der Waals surface area contributed by atoms with Crippen LogP contribution in [-0.4, -0.2) is 93.9 Å². The number of halogens is 1. The summed E-state index contributed by atoms with van der Waals surface area (Å²) < 4.78 is 6.44. The van der Waals surface area contributed by atoms with Gasteiger partial charge in [0.2, 0.25) is 0 Å². The number of benzene rings is 2. The number of carbonyl (C=O) groups excluding carboxylic acids is 3. The number of para-hydroxylation sites is 1. The van der Waals surface area contributed by atoms with Crippen LogP contribution >= 0.6 is 15.9 Å². The first-order chi connectivity index (χ1) is 20.4. The molecule has 0 radical (unpaired) electrons. The van der Waals surface area contributed by atoms with Crippen molar-refractivity contribution in [2.75, 3.05) is 38.3 Å². The quantitative estimate of drug-likeness (QED) is 0.472. The number of nitrogens with one attached hydrogen (secondary N) is 1. The summed E-state index contributed by atoms with van der Waals surface area (Å²) in [4.78, 5) is 47.5. The van der Waals surface area contributed by atoms with Gasteiger partial charge in [-0.05, 0) is 77.4 Å². The molecule has 0 bridgehead atoms. The van der Waals surface area contributed by atoms with E-state index < -0.39 is 12.2 Å². The van der Waals surface area contributed by atoms with Crippen LogP contribution in [0.2, 0.25) is 0 Å². The minimum atomic E-state index is -0.965. The summed E-state index contributed by atoms with van der Waals surface area (Å²) in [7, 11) is 0. The van der Waals surface area contributed by atoms with Gasteiger partial charge >= 0.3 is 12.1 Å². The predicted octanol–water partition coefficient (Wildman–Crippen LogP) is 4.76. The van der Waals surface area contributed by atoms with E-state index in [1.54, 1.807) is 28.0 Å². The van der Waals surface area contributed by atoms with Gasteiger partial charge < -0.3 is 29.9 Å². The third-order valence-corrected chi connectivity index (χ3v) is 9.75. The fourth-order valence-corrected chi connectivity index (χ4v) is 7.03.